The first-order chi connectivity index (χ1) is 10.0. The second kappa shape index (κ2) is 4.74. The number of carbonyl (C=O) groups excluding carboxylic acids is 1. The highest BCUT2D eigenvalue weighted by Crippen LogP contribution is 2.25. The molecule has 1 amide bonds. The van der Waals surface area contributed by atoms with E-state index in [0.29, 0.717) is 10.9 Å². The van der Waals surface area contributed by atoms with Crippen molar-refractivity contribution in [1.82, 2.24) is 4.57 Å². The lowest BCUT2D eigenvalue weighted by atomic mass is 10.0. The Hall–Kier alpha value is -2.62. The fourth-order valence-corrected chi connectivity index (χ4v) is 2.77. The van der Waals surface area contributed by atoms with E-state index in [1.807, 2.05) is 38.1 Å². The number of carbonyl (C=O) groups is 1. The molecule has 0 bridgehead atoms. The molecule has 106 valence electrons. The molecule has 0 radical (unpaired) electrons. The van der Waals surface area contributed by atoms with Crippen LogP contribution in [0.25, 0.3) is 21.7 Å². The van der Waals surface area contributed by atoms with E-state index < -0.39 is 5.91 Å². The van der Waals surface area contributed by atoms with Gasteiger partial charge < -0.3 is 10.3 Å². The van der Waals surface area contributed by atoms with Gasteiger partial charge in [0.2, 0.25) is 5.91 Å². The molecule has 0 spiro atoms. The first-order valence-electron chi connectivity index (χ1n) is 6.87. The highest BCUT2D eigenvalue weighted by molar-refractivity contribution is 6.08. The standard InChI is InChI=1S/C17H16N2O2/c1-10(2)19-15-8-7-11(16(18)20)9-14(15)12-5-3-4-6-13(12)17(19)21/h3-10H,1-2H3,(H2,18,20). The smallest absolute Gasteiger partial charge is 0.259 e. The third-order valence-corrected chi connectivity index (χ3v) is 3.72. The van der Waals surface area contributed by atoms with Crippen LogP contribution in [-0.2, 0) is 0 Å². The summed E-state index contributed by atoms with van der Waals surface area (Å²) in [5.41, 5.74) is 6.62. The van der Waals surface area contributed by atoms with E-state index >= 15 is 0 Å². The Morgan fingerprint density at radius 2 is 1.71 bits per heavy atom. The summed E-state index contributed by atoms with van der Waals surface area (Å²) in [6.45, 7) is 3.94. The maximum Gasteiger partial charge on any atom is 0.259 e. The van der Waals surface area contributed by atoms with Crippen molar-refractivity contribution in [3.05, 3.63) is 58.4 Å². The molecule has 0 atom stereocenters. The molecule has 4 nitrogen and oxygen atoms in total. The van der Waals surface area contributed by atoms with Crippen LogP contribution in [0.1, 0.15) is 30.2 Å². The predicted octanol–water partition coefficient (Wildman–Crippen LogP) is 2.83. The fraction of sp³-hybridized carbons (Fsp3) is 0.176. The fourth-order valence-electron chi connectivity index (χ4n) is 2.77. The summed E-state index contributed by atoms with van der Waals surface area (Å²) >= 11 is 0. The molecule has 2 N–H and O–H groups in total. The summed E-state index contributed by atoms with van der Waals surface area (Å²) < 4.78 is 1.75. The van der Waals surface area contributed by atoms with Gasteiger partial charge in [-0.2, -0.15) is 0 Å². The largest absolute Gasteiger partial charge is 0.366 e. The molecular formula is C17H16N2O2. The van der Waals surface area contributed by atoms with Crippen LogP contribution in [0.3, 0.4) is 0 Å². The number of nitrogens with two attached hydrogens (primary N) is 1. The topological polar surface area (TPSA) is 65.1 Å². The number of pyridine rings is 1. The van der Waals surface area contributed by atoms with Crippen molar-refractivity contribution in [3.8, 4) is 0 Å². The molecule has 0 aliphatic rings. The van der Waals surface area contributed by atoms with E-state index in [0.717, 1.165) is 16.3 Å². The lowest BCUT2D eigenvalue weighted by Gasteiger charge is -2.16. The van der Waals surface area contributed by atoms with Gasteiger partial charge in [-0.05, 0) is 43.5 Å². The van der Waals surface area contributed by atoms with Crippen LogP contribution in [0.4, 0.5) is 0 Å². The van der Waals surface area contributed by atoms with Gasteiger partial charge in [0, 0.05) is 22.4 Å². The molecule has 1 aromatic heterocycles. The van der Waals surface area contributed by atoms with Crippen molar-refractivity contribution < 1.29 is 4.79 Å². The van der Waals surface area contributed by atoms with Crippen molar-refractivity contribution in [2.75, 3.05) is 0 Å². The number of nitrogens with zero attached hydrogens (tertiary/aromatic N) is 1. The molecule has 0 fully saturated rings. The van der Waals surface area contributed by atoms with Crippen molar-refractivity contribution in [3.63, 3.8) is 0 Å². The Kier molecular flexibility index (Phi) is 3.01. The zero-order valence-corrected chi connectivity index (χ0v) is 12.0. The van der Waals surface area contributed by atoms with E-state index in [9.17, 15) is 9.59 Å². The highest BCUT2D eigenvalue weighted by Gasteiger charge is 2.13. The van der Waals surface area contributed by atoms with Gasteiger partial charge in [0.25, 0.3) is 5.56 Å². The van der Waals surface area contributed by atoms with E-state index in [1.165, 1.54) is 0 Å². The predicted molar refractivity (Wildman–Crippen MR) is 84.6 cm³/mol. The zero-order chi connectivity index (χ0) is 15.1. The molecule has 3 aromatic rings. The van der Waals surface area contributed by atoms with E-state index in [2.05, 4.69) is 0 Å². The first-order valence-corrected chi connectivity index (χ1v) is 6.87. The normalized spacial score (nSPS) is 11.4. The minimum Gasteiger partial charge on any atom is -0.366 e. The molecule has 0 unspecified atom stereocenters. The number of primary amides is 1. The van der Waals surface area contributed by atoms with Crippen molar-refractivity contribution in [2.24, 2.45) is 5.73 Å². The first kappa shape index (κ1) is 13.4. The van der Waals surface area contributed by atoms with Gasteiger partial charge in [0.15, 0.2) is 0 Å². The average Bonchev–Trinajstić information content (AvgIpc) is 2.47. The number of hydrogen-bond donors (Lipinski definition) is 1. The Morgan fingerprint density at radius 1 is 1.05 bits per heavy atom. The Bertz CT molecular complexity index is 923. The lowest BCUT2D eigenvalue weighted by molar-refractivity contribution is 0.100. The maximum atomic E-state index is 12.7. The molecule has 21 heavy (non-hydrogen) atoms. The monoisotopic (exact) mass is 280 g/mol. The summed E-state index contributed by atoms with van der Waals surface area (Å²) in [5.74, 6) is -0.469. The molecular weight excluding hydrogens is 264 g/mol. The average molecular weight is 280 g/mol. The molecule has 1 heterocycles. The number of aromatic nitrogens is 1. The van der Waals surface area contributed by atoms with Gasteiger partial charge in [-0.15, -0.1) is 0 Å². The van der Waals surface area contributed by atoms with Gasteiger partial charge in [-0.1, -0.05) is 18.2 Å². The summed E-state index contributed by atoms with van der Waals surface area (Å²) in [6, 6.07) is 12.7. The van der Waals surface area contributed by atoms with Crippen LogP contribution in [0.15, 0.2) is 47.3 Å². The Morgan fingerprint density at radius 3 is 2.33 bits per heavy atom. The van der Waals surface area contributed by atoms with Crippen LogP contribution in [-0.4, -0.2) is 10.5 Å². The summed E-state index contributed by atoms with van der Waals surface area (Å²) in [6.07, 6.45) is 0. The number of rotatable bonds is 2. The van der Waals surface area contributed by atoms with Gasteiger partial charge >= 0.3 is 0 Å². The van der Waals surface area contributed by atoms with Gasteiger partial charge in [-0.25, -0.2) is 0 Å². The maximum absolute atomic E-state index is 12.7. The molecule has 0 saturated heterocycles. The van der Waals surface area contributed by atoms with Crippen molar-refractivity contribution in [2.45, 2.75) is 19.9 Å². The minimum absolute atomic E-state index is 0.0140. The van der Waals surface area contributed by atoms with Crippen LogP contribution in [0.5, 0.6) is 0 Å². The van der Waals surface area contributed by atoms with Gasteiger partial charge in [-0.3, -0.25) is 9.59 Å². The number of hydrogen-bond acceptors (Lipinski definition) is 2. The summed E-state index contributed by atoms with van der Waals surface area (Å²) in [7, 11) is 0. The quantitative estimate of drug-likeness (QED) is 0.733. The van der Waals surface area contributed by atoms with Crippen molar-refractivity contribution >= 4 is 27.6 Å². The molecule has 0 saturated carbocycles. The molecule has 3 rings (SSSR count). The third-order valence-electron chi connectivity index (χ3n) is 3.72. The van der Waals surface area contributed by atoms with Crippen LogP contribution < -0.4 is 11.3 Å². The minimum atomic E-state index is -0.469. The van der Waals surface area contributed by atoms with Crippen LogP contribution >= 0.6 is 0 Å². The zero-order valence-electron chi connectivity index (χ0n) is 12.0. The molecule has 2 aromatic carbocycles. The molecule has 0 aliphatic carbocycles. The lowest BCUT2D eigenvalue weighted by Crippen LogP contribution is -2.23. The van der Waals surface area contributed by atoms with Crippen LogP contribution in [0, 0.1) is 0 Å². The Labute approximate surface area is 121 Å². The SMILES string of the molecule is CC(C)n1c(=O)c2ccccc2c2cc(C(N)=O)ccc21. The second-order valence-corrected chi connectivity index (χ2v) is 5.41. The second-order valence-electron chi connectivity index (χ2n) is 5.41. The number of benzene rings is 2. The third kappa shape index (κ3) is 2.00. The van der Waals surface area contributed by atoms with Gasteiger partial charge in [0.1, 0.15) is 0 Å². The molecule has 4 heteroatoms. The highest BCUT2D eigenvalue weighted by atomic mass is 16.1. The van der Waals surface area contributed by atoms with Gasteiger partial charge in [0.05, 0.1) is 5.52 Å². The van der Waals surface area contributed by atoms with Crippen LogP contribution in [0.2, 0.25) is 0 Å². The van der Waals surface area contributed by atoms with E-state index in [4.69, 9.17) is 5.73 Å². The van der Waals surface area contributed by atoms with Crippen molar-refractivity contribution in [1.29, 1.82) is 0 Å². The summed E-state index contributed by atoms with van der Waals surface area (Å²) in [4.78, 5) is 24.1. The summed E-state index contributed by atoms with van der Waals surface area (Å²) in [5, 5.41) is 2.37. The Balaban J connectivity index is 2.59. The van der Waals surface area contributed by atoms with E-state index in [-0.39, 0.29) is 11.6 Å². The number of fused-ring (bicyclic) bond motifs is 3. The van der Waals surface area contributed by atoms with E-state index in [1.54, 1.807) is 22.8 Å². The number of amides is 1. The molecule has 0 aliphatic heterocycles.